The van der Waals surface area contributed by atoms with Crippen molar-refractivity contribution >= 4 is 21.4 Å². The van der Waals surface area contributed by atoms with Crippen molar-refractivity contribution in [1.82, 2.24) is 10.0 Å². The van der Waals surface area contributed by atoms with E-state index >= 15 is 0 Å². The van der Waals surface area contributed by atoms with Crippen molar-refractivity contribution in [2.75, 3.05) is 7.05 Å². The summed E-state index contributed by atoms with van der Waals surface area (Å²) in [4.78, 5) is 0. The minimum atomic E-state index is -3.31. The highest BCUT2D eigenvalue weighted by atomic mass is 32.2. The first-order valence-electron chi connectivity index (χ1n) is 7.34. The molecule has 3 saturated carbocycles. The highest BCUT2D eigenvalue weighted by molar-refractivity contribution is 7.91. The molecule has 2 bridgehead atoms. The number of thiophene rings is 1. The van der Waals surface area contributed by atoms with E-state index in [1.54, 1.807) is 6.07 Å². The van der Waals surface area contributed by atoms with Crippen LogP contribution in [0.15, 0.2) is 15.7 Å². The molecule has 0 aliphatic heterocycles. The predicted molar refractivity (Wildman–Crippen MR) is 79.0 cm³/mol. The van der Waals surface area contributed by atoms with Crippen LogP contribution in [0.1, 0.15) is 24.8 Å². The molecule has 1 aromatic rings. The molecule has 4 unspecified atom stereocenters. The third kappa shape index (κ3) is 1.96. The highest BCUT2D eigenvalue weighted by Gasteiger charge is 2.65. The fourth-order valence-electron chi connectivity index (χ4n) is 4.51. The zero-order valence-electron chi connectivity index (χ0n) is 11.5. The molecular formula is C14H20N2O2S2. The van der Waals surface area contributed by atoms with Crippen LogP contribution in [-0.4, -0.2) is 21.5 Å². The molecule has 1 heterocycles. The molecule has 4 atom stereocenters. The summed E-state index contributed by atoms with van der Waals surface area (Å²) >= 11 is 1.32. The Morgan fingerprint density at radius 3 is 2.65 bits per heavy atom. The van der Waals surface area contributed by atoms with E-state index in [2.05, 4.69) is 10.0 Å². The highest BCUT2D eigenvalue weighted by Crippen LogP contribution is 2.65. The minimum absolute atomic E-state index is 0.223. The monoisotopic (exact) mass is 312 g/mol. The van der Waals surface area contributed by atoms with Crippen molar-refractivity contribution in [3.05, 3.63) is 17.0 Å². The van der Waals surface area contributed by atoms with E-state index in [0.29, 0.717) is 22.6 Å². The largest absolute Gasteiger partial charge is 0.316 e. The van der Waals surface area contributed by atoms with Gasteiger partial charge in [0.1, 0.15) is 4.21 Å². The number of hydrogen-bond acceptors (Lipinski definition) is 4. The Morgan fingerprint density at radius 1 is 1.30 bits per heavy atom. The molecule has 4 rings (SSSR count). The number of sulfonamides is 1. The lowest BCUT2D eigenvalue weighted by Crippen LogP contribution is -2.29. The van der Waals surface area contributed by atoms with E-state index in [-0.39, 0.29) is 6.04 Å². The van der Waals surface area contributed by atoms with E-state index in [4.69, 9.17) is 0 Å². The van der Waals surface area contributed by atoms with Crippen LogP contribution >= 0.6 is 11.3 Å². The molecule has 0 radical (unpaired) electrons. The standard InChI is InChI=1S/C14H20N2O2S2/c1-15-6-8-4-11(19-7-8)20(17,18)16-14-12-9-2-3-10(5-9)13(12)14/h4,7,9-10,12-16H,2-3,5-6H2,1H3. The molecular weight excluding hydrogens is 292 g/mol. The lowest BCUT2D eigenvalue weighted by molar-refractivity contribution is 0.456. The van der Waals surface area contributed by atoms with Crippen molar-refractivity contribution in [3.63, 3.8) is 0 Å². The van der Waals surface area contributed by atoms with Gasteiger partial charge in [-0.1, -0.05) is 0 Å². The van der Waals surface area contributed by atoms with E-state index in [1.165, 1.54) is 30.6 Å². The summed E-state index contributed by atoms with van der Waals surface area (Å²) in [6.45, 7) is 0.713. The third-order valence-electron chi connectivity index (χ3n) is 5.30. The van der Waals surface area contributed by atoms with Gasteiger partial charge in [-0.05, 0) is 67.0 Å². The van der Waals surface area contributed by atoms with Crippen LogP contribution in [-0.2, 0) is 16.6 Å². The van der Waals surface area contributed by atoms with E-state index < -0.39 is 10.0 Å². The lowest BCUT2D eigenvalue weighted by atomic mass is 10.0. The zero-order chi connectivity index (χ0) is 13.9. The third-order valence-corrected chi connectivity index (χ3v) is 8.25. The Labute approximate surface area is 124 Å². The molecule has 0 saturated heterocycles. The van der Waals surface area contributed by atoms with Crippen molar-refractivity contribution in [3.8, 4) is 0 Å². The first-order chi connectivity index (χ1) is 9.60. The Balaban J connectivity index is 1.48. The fourth-order valence-corrected chi connectivity index (χ4v) is 7.04. The normalized spacial score (nSPS) is 38.1. The maximum atomic E-state index is 12.4. The Hall–Kier alpha value is -0.430. The van der Waals surface area contributed by atoms with Crippen molar-refractivity contribution in [2.45, 2.75) is 36.1 Å². The summed E-state index contributed by atoms with van der Waals surface area (Å²) in [5.41, 5.74) is 1.04. The van der Waals surface area contributed by atoms with Crippen LogP contribution in [0.25, 0.3) is 0 Å². The molecule has 2 N–H and O–H groups in total. The maximum absolute atomic E-state index is 12.4. The molecule has 0 spiro atoms. The second-order valence-electron chi connectivity index (χ2n) is 6.44. The maximum Gasteiger partial charge on any atom is 0.250 e. The SMILES string of the molecule is CNCc1csc(S(=O)(=O)NC2C3C4CCC(C4)C23)c1. The van der Waals surface area contributed by atoms with Crippen LogP contribution in [0.2, 0.25) is 0 Å². The van der Waals surface area contributed by atoms with Gasteiger partial charge in [0.2, 0.25) is 10.0 Å². The van der Waals surface area contributed by atoms with Gasteiger partial charge in [0.05, 0.1) is 0 Å². The van der Waals surface area contributed by atoms with E-state index in [0.717, 1.165) is 17.4 Å². The van der Waals surface area contributed by atoms with Crippen molar-refractivity contribution < 1.29 is 8.42 Å². The molecule has 0 aromatic carbocycles. The molecule has 20 heavy (non-hydrogen) atoms. The first-order valence-corrected chi connectivity index (χ1v) is 9.71. The Bertz CT molecular complexity index is 609. The Morgan fingerprint density at radius 2 is 2.00 bits per heavy atom. The summed E-state index contributed by atoms with van der Waals surface area (Å²) in [5, 5.41) is 4.96. The summed E-state index contributed by atoms with van der Waals surface area (Å²) in [6.07, 6.45) is 3.98. The van der Waals surface area contributed by atoms with Crippen LogP contribution < -0.4 is 10.0 Å². The lowest BCUT2D eigenvalue weighted by Gasteiger charge is -2.10. The second-order valence-corrected chi connectivity index (χ2v) is 9.29. The number of rotatable bonds is 5. The summed E-state index contributed by atoms with van der Waals surface area (Å²) < 4.78 is 28.3. The smallest absolute Gasteiger partial charge is 0.250 e. The van der Waals surface area contributed by atoms with E-state index in [1.807, 2.05) is 12.4 Å². The van der Waals surface area contributed by atoms with Crippen LogP contribution in [0.5, 0.6) is 0 Å². The van der Waals surface area contributed by atoms with Crippen LogP contribution in [0.3, 0.4) is 0 Å². The molecule has 4 nitrogen and oxygen atoms in total. The molecule has 1 aromatic heterocycles. The average molecular weight is 312 g/mol. The van der Waals surface area contributed by atoms with Gasteiger partial charge in [-0.3, -0.25) is 0 Å². The van der Waals surface area contributed by atoms with Crippen molar-refractivity contribution in [2.24, 2.45) is 23.7 Å². The minimum Gasteiger partial charge on any atom is -0.316 e. The number of nitrogens with one attached hydrogen (secondary N) is 2. The molecule has 3 aliphatic rings. The Kier molecular flexibility index (Phi) is 3.00. The second kappa shape index (κ2) is 4.53. The van der Waals surface area contributed by atoms with Gasteiger partial charge in [0, 0.05) is 12.6 Å². The molecule has 110 valence electrons. The molecule has 6 heteroatoms. The molecule has 0 amide bonds. The zero-order valence-corrected chi connectivity index (χ0v) is 13.1. The van der Waals surface area contributed by atoms with E-state index in [9.17, 15) is 8.42 Å². The number of fused-ring (bicyclic) bond motifs is 5. The van der Waals surface area contributed by atoms with Gasteiger partial charge >= 0.3 is 0 Å². The van der Waals surface area contributed by atoms with Gasteiger partial charge in [-0.15, -0.1) is 11.3 Å². The van der Waals surface area contributed by atoms with Gasteiger partial charge in [0.25, 0.3) is 0 Å². The van der Waals surface area contributed by atoms with Gasteiger partial charge in [-0.2, -0.15) is 0 Å². The number of hydrogen-bond donors (Lipinski definition) is 2. The van der Waals surface area contributed by atoms with Crippen LogP contribution in [0.4, 0.5) is 0 Å². The van der Waals surface area contributed by atoms with Gasteiger partial charge in [-0.25, -0.2) is 13.1 Å². The fraction of sp³-hybridized carbons (Fsp3) is 0.714. The van der Waals surface area contributed by atoms with Crippen LogP contribution in [0, 0.1) is 23.7 Å². The average Bonchev–Trinajstić information content (AvgIpc) is 2.84. The summed E-state index contributed by atoms with van der Waals surface area (Å²) in [7, 11) is -1.45. The predicted octanol–water partition coefficient (Wildman–Crippen LogP) is 1.79. The quantitative estimate of drug-likeness (QED) is 0.871. The van der Waals surface area contributed by atoms with Gasteiger partial charge < -0.3 is 5.32 Å². The topological polar surface area (TPSA) is 58.2 Å². The summed E-state index contributed by atoms with van der Waals surface area (Å²) in [6, 6.07) is 2.01. The summed E-state index contributed by atoms with van der Waals surface area (Å²) in [5.74, 6) is 2.86. The first kappa shape index (κ1) is 13.2. The molecule has 3 fully saturated rings. The molecule has 3 aliphatic carbocycles. The van der Waals surface area contributed by atoms with Crippen molar-refractivity contribution in [1.29, 1.82) is 0 Å². The van der Waals surface area contributed by atoms with Gasteiger partial charge in [0.15, 0.2) is 0 Å².